The predicted octanol–water partition coefficient (Wildman–Crippen LogP) is 2.35. The SMILES string of the molecule is O=C(O)Cc1ccc2c(c1)CCc1cccc(O)c1C2=O. The smallest absolute Gasteiger partial charge is 0.307 e. The number of carbonyl (C=O) groups is 2. The molecule has 0 aromatic heterocycles. The molecule has 0 spiro atoms. The third kappa shape index (κ3) is 2.40. The highest BCUT2D eigenvalue weighted by Crippen LogP contribution is 2.30. The number of hydrogen-bond donors (Lipinski definition) is 2. The van der Waals surface area contributed by atoms with Gasteiger partial charge in [-0.25, -0.2) is 0 Å². The Balaban J connectivity index is 2.08. The Morgan fingerprint density at radius 1 is 1.10 bits per heavy atom. The second-order valence-corrected chi connectivity index (χ2v) is 5.20. The van der Waals surface area contributed by atoms with E-state index in [-0.39, 0.29) is 18.0 Å². The van der Waals surface area contributed by atoms with Crippen molar-refractivity contribution in [1.82, 2.24) is 0 Å². The maximum absolute atomic E-state index is 12.6. The van der Waals surface area contributed by atoms with E-state index in [1.54, 1.807) is 24.3 Å². The van der Waals surface area contributed by atoms with Crippen molar-refractivity contribution in [3.63, 3.8) is 0 Å². The molecule has 0 atom stereocenters. The van der Waals surface area contributed by atoms with Crippen molar-refractivity contribution in [2.24, 2.45) is 0 Å². The average molecular weight is 282 g/mol. The van der Waals surface area contributed by atoms with Crippen molar-refractivity contribution in [3.8, 4) is 5.75 Å². The molecule has 0 radical (unpaired) electrons. The van der Waals surface area contributed by atoms with Crippen molar-refractivity contribution >= 4 is 11.8 Å². The molecule has 4 heteroatoms. The van der Waals surface area contributed by atoms with Crippen LogP contribution in [0.1, 0.15) is 32.6 Å². The van der Waals surface area contributed by atoms with Gasteiger partial charge in [0.15, 0.2) is 5.78 Å². The summed E-state index contributed by atoms with van der Waals surface area (Å²) in [5, 5.41) is 18.8. The van der Waals surface area contributed by atoms with E-state index >= 15 is 0 Å². The molecule has 0 bridgehead atoms. The van der Waals surface area contributed by atoms with E-state index in [0.717, 1.165) is 11.1 Å². The van der Waals surface area contributed by atoms with Crippen LogP contribution in [-0.2, 0) is 24.1 Å². The Hall–Kier alpha value is -2.62. The van der Waals surface area contributed by atoms with E-state index in [0.29, 0.717) is 29.5 Å². The van der Waals surface area contributed by atoms with Crippen molar-refractivity contribution in [2.45, 2.75) is 19.3 Å². The lowest BCUT2D eigenvalue weighted by molar-refractivity contribution is -0.136. The molecule has 0 unspecified atom stereocenters. The molecule has 1 aliphatic carbocycles. The van der Waals surface area contributed by atoms with Crippen LogP contribution in [0.4, 0.5) is 0 Å². The number of phenolic OH excluding ortho intramolecular Hbond substituents is 1. The van der Waals surface area contributed by atoms with Gasteiger partial charge in [-0.05, 0) is 35.6 Å². The number of aliphatic carboxylic acids is 1. The summed E-state index contributed by atoms with van der Waals surface area (Å²) in [6.07, 6.45) is 1.25. The number of carboxylic acid groups (broad SMARTS) is 1. The molecular weight excluding hydrogens is 268 g/mol. The average Bonchev–Trinajstić information content (AvgIpc) is 2.57. The topological polar surface area (TPSA) is 74.6 Å². The molecule has 0 amide bonds. The molecule has 21 heavy (non-hydrogen) atoms. The van der Waals surface area contributed by atoms with Crippen LogP contribution in [0.2, 0.25) is 0 Å². The van der Waals surface area contributed by atoms with Gasteiger partial charge in [0.25, 0.3) is 0 Å². The van der Waals surface area contributed by atoms with Crippen molar-refractivity contribution < 1.29 is 19.8 Å². The van der Waals surface area contributed by atoms with Gasteiger partial charge in [0.1, 0.15) is 5.75 Å². The van der Waals surface area contributed by atoms with Crippen LogP contribution in [0.15, 0.2) is 36.4 Å². The van der Waals surface area contributed by atoms with Crippen molar-refractivity contribution in [2.75, 3.05) is 0 Å². The van der Waals surface area contributed by atoms with E-state index in [9.17, 15) is 14.7 Å². The molecule has 0 aliphatic heterocycles. The number of carboxylic acids is 1. The first kappa shape index (κ1) is 13.4. The van der Waals surface area contributed by atoms with Gasteiger partial charge in [0.2, 0.25) is 0 Å². The van der Waals surface area contributed by atoms with Gasteiger partial charge in [0, 0.05) is 5.56 Å². The summed E-state index contributed by atoms with van der Waals surface area (Å²) in [4.78, 5) is 23.4. The zero-order valence-corrected chi connectivity index (χ0v) is 11.3. The largest absolute Gasteiger partial charge is 0.507 e. The molecule has 2 aromatic carbocycles. The van der Waals surface area contributed by atoms with Gasteiger partial charge >= 0.3 is 5.97 Å². The first-order valence-corrected chi connectivity index (χ1v) is 6.75. The maximum Gasteiger partial charge on any atom is 0.307 e. The van der Waals surface area contributed by atoms with Crippen molar-refractivity contribution in [3.05, 3.63) is 64.2 Å². The quantitative estimate of drug-likeness (QED) is 0.886. The van der Waals surface area contributed by atoms with Crippen LogP contribution in [0.3, 0.4) is 0 Å². The number of aryl methyl sites for hydroxylation is 2. The maximum atomic E-state index is 12.6. The highest BCUT2D eigenvalue weighted by Gasteiger charge is 2.24. The summed E-state index contributed by atoms with van der Waals surface area (Å²) in [7, 11) is 0. The lowest BCUT2D eigenvalue weighted by Gasteiger charge is -2.08. The van der Waals surface area contributed by atoms with Crippen LogP contribution < -0.4 is 0 Å². The molecule has 1 aliphatic rings. The summed E-state index contributed by atoms with van der Waals surface area (Å²) < 4.78 is 0. The Morgan fingerprint density at radius 2 is 1.86 bits per heavy atom. The van der Waals surface area contributed by atoms with Crippen LogP contribution in [0, 0.1) is 0 Å². The number of phenols is 1. The van der Waals surface area contributed by atoms with Gasteiger partial charge < -0.3 is 10.2 Å². The lowest BCUT2D eigenvalue weighted by Crippen LogP contribution is -2.06. The molecule has 3 rings (SSSR count). The molecule has 4 nitrogen and oxygen atoms in total. The standard InChI is InChI=1S/C17H14O4/c18-14-3-1-2-11-5-6-12-8-10(9-15(19)20)4-7-13(12)17(21)16(11)14/h1-4,7-8,18H,5-6,9H2,(H,19,20). The third-order valence-electron chi connectivity index (χ3n) is 3.79. The van der Waals surface area contributed by atoms with E-state index in [1.807, 2.05) is 6.07 Å². The zero-order chi connectivity index (χ0) is 15.0. The van der Waals surface area contributed by atoms with Gasteiger partial charge in [-0.3, -0.25) is 9.59 Å². The fourth-order valence-electron chi connectivity index (χ4n) is 2.82. The molecule has 0 saturated carbocycles. The molecule has 0 saturated heterocycles. The molecular formula is C17H14O4. The number of carbonyl (C=O) groups excluding carboxylic acids is 1. The minimum atomic E-state index is -0.893. The predicted molar refractivity (Wildman–Crippen MR) is 76.7 cm³/mol. The summed E-state index contributed by atoms with van der Waals surface area (Å²) in [5.74, 6) is -1.09. The number of rotatable bonds is 2. The highest BCUT2D eigenvalue weighted by molar-refractivity contribution is 6.13. The summed E-state index contributed by atoms with van der Waals surface area (Å²) in [5.41, 5.74) is 3.26. The molecule has 106 valence electrons. The normalized spacial score (nSPS) is 13.2. The van der Waals surface area contributed by atoms with E-state index in [4.69, 9.17) is 5.11 Å². The molecule has 2 N–H and O–H groups in total. The van der Waals surface area contributed by atoms with E-state index in [1.165, 1.54) is 6.07 Å². The van der Waals surface area contributed by atoms with Gasteiger partial charge in [0.05, 0.1) is 12.0 Å². The van der Waals surface area contributed by atoms with E-state index < -0.39 is 5.97 Å². The van der Waals surface area contributed by atoms with Crippen LogP contribution in [0.25, 0.3) is 0 Å². The highest BCUT2D eigenvalue weighted by atomic mass is 16.4. The second kappa shape index (κ2) is 5.05. The Bertz CT molecular complexity index is 746. The first-order valence-electron chi connectivity index (χ1n) is 6.75. The van der Waals surface area contributed by atoms with Gasteiger partial charge in [-0.15, -0.1) is 0 Å². The van der Waals surface area contributed by atoms with Crippen LogP contribution in [0.5, 0.6) is 5.75 Å². The monoisotopic (exact) mass is 282 g/mol. The van der Waals surface area contributed by atoms with Gasteiger partial charge in [-0.1, -0.05) is 30.3 Å². The minimum absolute atomic E-state index is 0.0000347. The third-order valence-corrected chi connectivity index (χ3v) is 3.79. The number of hydrogen-bond acceptors (Lipinski definition) is 3. The molecule has 0 fully saturated rings. The summed E-state index contributed by atoms with van der Waals surface area (Å²) in [6.45, 7) is 0. The molecule has 2 aromatic rings. The summed E-state index contributed by atoms with van der Waals surface area (Å²) >= 11 is 0. The fourth-order valence-corrected chi connectivity index (χ4v) is 2.82. The Morgan fingerprint density at radius 3 is 2.62 bits per heavy atom. The van der Waals surface area contributed by atoms with Gasteiger partial charge in [-0.2, -0.15) is 0 Å². The minimum Gasteiger partial charge on any atom is -0.507 e. The Labute approximate surface area is 121 Å². The first-order chi connectivity index (χ1) is 10.1. The lowest BCUT2D eigenvalue weighted by atomic mass is 9.96. The van der Waals surface area contributed by atoms with Crippen molar-refractivity contribution in [1.29, 1.82) is 0 Å². The zero-order valence-electron chi connectivity index (χ0n) is 11.3. The molecule has 0 heterocycles. The van der Waals surface area contributed by atoms with Crippen LogP contribution in [-0.4, -0.2) is 22.0 Å². The number of fused-ring (bicyclic) bond motifs is 2. The Kier molecular flexibility index (Phi) is 3.22. The number of aromatic hydroxyl groups is 1. The van der Waals surface area contributed by atoms with Crippen LogP contribution >= 0.6 is 0 Å². The van der Waals surface area contributed by atoms with E-state index in [2.05, 4.69) is 0 Å². The summed E-state index contributed by atoms with van der Waals surface area (Å²) in [6, 6.07) is 10.2. The number of benzene rings is 2. The second-order valence-electron chi connectivity index (χ2n) is 5.20. The number of ketones is 1. The fraction of sp³-hybridized carbons (Fsp3) is 0.176.